The van der Waals surface area contributed by atoms with Crippen molar-refractivity contribution in [2.45, 2.75) is 12.8 Å². The van der Waals surface area contributed by atoms with Crippen molar-refractivity contribution in [1.29, 1.82) is 0 Å². The van der Waals surface area contributed by atoms with Crippen LogP contribution >= 0.6 is 0 Å². The van der Waals surface area contributed by atoms with Gasteiger partial charge in [0.2, 0.25) is 17.7 Å². The van der Waals surface area contributed by atoms with Crippen LogP contribution in [0.15, 0.2) is 41.0 Å². The minimum absolute atomic E-state index is 0.208. The summed E-state index contributed by atoms with van der Waals surface area (Å²) in [5, 5.41) is 25.0. The lowest BCUT2D eigenvalue weighted by Crippen LogP contribution is -2.49. The van der Waals surface area contributed by atoms with Gasteiger partial charge in [0.25, 0.3) is 11.5 Å². The Balaban J connectivity index is 1.09. The Hall–Kier alpha value is -4.79. The van der Waals surface area contributed by atoms with Crippen molar-refractivity contribution in [3.63, 3.8) is 0 Å². The zero-order valence-corrected chi connectivity index (χ0v) is 21.6. The van der Waals surface area contributed by atoms with Crippen molar-refractivity contribution < 1.29 is 19.2 Å². The van der Waals surface area contributed by atoms with Gasteiger partial charge in [-0.25, -0.2) is 4.79 Å². The molecule has 3 aromatic heterocycles. The fraction of sp³-hybridized carbons (Fsp3) is 0.400. The van der Waals surface area contributed by atoms with E-state index in [0.29, 0.717) is 48.0 Å². The maximum Gasteiger partial charge on any atom is 0.342 e. The summed E-state index contributed by atoms with van der Waals surface area (Å²) in [6, 6.07) is 7.84. The summed E-state index contributed by atoms with van der Waals surface area (Å²) in [7, 11) is 0. The molecular formula is C25H28N10O5. The molecule has 15 heteroatoms. The number of carboxylic acids is 1. The predicted octanol–water partition coefficient (Wildman–Crippen LogP) is 2.01. The maximum absolute atomic E-state index is 11.4. The van der Waals surface area contributed by atoms with E-state index in [1.165, 1.54) is 16.6 Å². The standard InChI is InChI=1S/C25H28N10O5/c26-23-28-24(29-25-27-21(30-34(23)25)20-4-2-12-40-20)33-7-1-3-16(15-33)14-31-8-10-32(11-9-31)17-5-6-18(22(36)37)19(13-17)35(38)39/h2,4-6,12-13,16H,1,3,7-11,14-15H2,(H,36,37)(H2,26,27,28,29,30)/t16-/m0/s1. The van der Waals surface area contributed by atoms with Gasteiger partial charge in [0.05, 0.1) is 11.2 Å². The third-order valence-electron chi connectivity index (χ3n) is 7.43. The highest BCUT2D eigenvalue weighted by atomic mass is 16.6. The number of piperazine rings is 1. The Bertz CT molecular complexity index is 1550. The summed E-state index contributed by atoms with van der Waals surface area (Å²) in [6.45, 7) is 5.52. The molecule has 2 fully saturated rings. The highest BCUT2D eigenvalue weighted by Crippen LogP contribution is 2.28. The summed E-state index contributed by atoms with van der Waals surface area (Å²) >= 11 is 0. The molecule has 4 aromatic rings. The molecule has 40 heavy (non-hydrogen) atoms. The van der Waals surface area contributed by atoms with Crippen molar-refractivity contribution in [2.75, 3.05) is 61.3 Å². The van der Waals surface area contributed by atoms with E-state index >= 15 is 0 Å². The third kappa shape index (κ3) is 4.98. The number of nitro groups is 1. The average molecular weight is 549 g/mol. The number of hydrogen-bond donors (Lipinski definition) is 2. The lowest BCUT2D eigenvalue weighted by molar-refractivity contribution is -0.385. The lowest BCUT2D eigenvalue weighted by atomic mass is 9.97. The second-order valence-electron chi connectivity index (χ2n) is 10.0. The average Bonchev–Trinajstić information content (AvgIpc) is 3.64. The van der Waals surface area contributed by atoms with E-state index < -0.39 is 10.9 Å². The number of hydrogen-bond acceptors (Lipinski definition) is 12. The first kappa shape index (κ1) is 25.5. The smallest absolute Gasteiger partial charge is 0.342 e. The number of furan rings is 1. The SMILES string of the molecule is Nc1nc(N2CCC[C@@H](CN3CCN(c4ccc(C(=O)O)c([N+](=O)[O-])c4)CC3)C2)nc2nc(-c3ccco3)nn12. The number of nitro benzene ring substituents is 1. The van der Waals surface area contributed by atoms with Gasteiger partial charge >= 0.3 is 5.97 Å². The van der Waals surface area contributed by atoms with Gasteiger partial charge < -0.3 is 25.1 Å². The molecule has 1 aromatic carbocycles. The lowest BCUT2D eigenvalue weighted by Gasteiger charge is -2.40. The van der Waals surface area contributed by atoms with Crippen LogP contribution in [0.4, 0.5) is 23.3 Å². The molecule has 0 spiro atoms. The van der Waals surface area contributed by atoms with Crippen molar-refractivity contribution in [1.82, 2.24) is 29.5 Å². The molecule has 6 rings (SSSR count). The molecule has 0 saturated carbocycles. The van der Waals surface area contributed by atoms with Crippen LogP contribution in [-0.2, 0) is 0 Å². The van der Waals surface area contributed by atoms with Gasteiger partial charge in [-0.05, 0) is 43.0 Å². The monoisotopic (exact) mass is 548 g/mol. The van der Waals surface area contributed by atoms with Gasteiger partial charge in [-0.2, -0.15) is 19.5 Å². The zero-order chi connectivity index (χ0) is 27.8. The Labute approximate surface area is 228 Å². The van der Waals surface area contributed by atoms with Gasteiger partial charge in [0.15, 0.2) is 5.76 Å². The van der Waals surface area contributed by atoms with E-state index in [9.17, 15) is 20.0 Å². The van der Waals surface area contributed by atoms with Crippen LogP contribution < -0.4 is 15.5 Å². The number of nitrogens with two attached hydrogens (primary N) is 1. The molecule has 0 amide bonds. The van der Waals surface area contributed by atoms with Gasteiger partial charge in [0.1, 0.15) is 5.56 Å². The number of rotatable bonds is 7. The predicted molar refractivity (Wildman–Crippen MR) is 144 cm³/mol. The molecule has 15 nitrogen and oxygen atoms in total. The zero-order valence-electron chi connectivity index (χ0n) is 21.6. The molecule has 0 aliphatic carbocycles. The number of nitrogen functional groups attached to an aromatic ring is 1. The first-order chi connectivity index (χ1) is 19.4. The number of piperidine rings is 1. The van der Waals surface area contributed by atoms with E-state index in [0.717, 1.165) is 45.6 Å². The van der Waals surface area contributed by atoms with Crippen LogP contribution in [-0.4, -0.2) is 91.3 Å². The van der Waals surface area contributed by atoms with E-state index in [1.54, 1.807) is 24.5 Å². The minimum Gasteiger partial charge on any atom is -0.477 e. The number of benzene rings is 1. The number of anilines is 3. The normalized spacial score (nSPS) is 18.4. The Kier molecular flexibility index (Phi) is 6.63. The summed E-state index contributed by atoms with van der Waals surface area (Å²) in [5.74, 6) is 1.13. The van der Waals surface area contributed by atoms with Crippen LogP contribution in [0.25, 0.3) is 17.4 Å². The first-order valence-electron chi connectivity index (χ1n) is 13.0. The number of nitrogens with zero attached hydrogens (tertiary/aromatic N) is 9. The molecule has 0 unspecified atom stereocenters. The minimum atomic E-state index is -1.31. The molecular weight excluding hydrogens is 520 g/mol. The number of fused-ring (bicyclic) bond motifs is 1. The van der Waals surface area contributed by atoms with E-state index in [-0.39, 0.29) is 17.2 Å². The largest absolute Gasteiger partial charge is 0.477 e. The molecule has 0 radical (unpaired) electrons. The summed E-state index contributed by atoms with van der Waals surface area (Å²) in [4.78, 5) is 42.3. The topological polar surface area (TPSA) is 185 Å². The van der Waals surface area contributed by atoms with Gasteiger partial charge in [0, 0.05) is 57.6 Å². The highest BCUT2D eigenvalue weighted by molar-refractivity contribution is 5.93. The molecule has 208 valence electrons. The molecule has 2 saturated heterocycles. The first-order valence-corrected chi connectivity index (χ1v) is 13.0. The van der Waals surface area contributed by atoms with E-state index in [2.05, 4.69) is 34.8 Å². The van der Waals surface area contributed by atoms with Gasteiger partial charge in [-0.1, -0.05) is 0 Å². The third-order valence-corrected chi connectivity index (χ3v) is 7.43. The summed E-state index contributed by atoms with van der Waals surface area (Å²) < 4.78 is 6.80. The van der Waals surface area contributed by atoms with Crippen molar-refractivity contribution >= 4 is 35.0 Å². The quantitative estimate of drug-likeness (QED) is 0.252. The Morgan fingerprint density at radius 1 is 1.12 bits per heavy atom. The fourth-order valence-corrected chi connectivity index (χ4v) is 5.44. The second-order valence-corrected chi connectivity index (χ2v) is 10.0. The molecule has 2 aliphatic heterocycles. The van der Waals surface area contributed by atoms with Gasteiger partial charge in [-0.3, -0.25) is 15.0 Å². The summed E-state index contributed by atoms with van der Waals surface area (Å²) in [5.41, 5.74) is 6.16. The second kappa shape index (κ2) is 10.4. The van der Waals surface area contributed by atoms with Crippen LogP contribution in [0, 0.1) is 16.0 Å². The Morgan fingerprint density at radius 3 is 2.67 bits per heavy atom. The van der Waals surface area contributed by atoms with E-state index in [4.69, 9.17) is 10.2 Å². The van der Waals surface area contributed by atoms with E-state index in [1.807, 2.05) is 0 Å². The maximum atomic E-state index is 11.4. The molecule has 2 aliphatic rings. The van der Waals surface area contributed by atoms with Crippen LogP contribution in [0.2, 0.25) is 0 Å². The fourth-order valence-electron chi connectivity index (χ4n) is 5.44. The molecule has 3 N–H and O–H groups in total. The molecule has 0 bridgehead atoms. The van der Waals surface area contributed by atoms with Crippen molar-refractivity contribution in [3.8, 4) is 11.6 Å². The number of carbonyl (C=O) groups is 1. The highest BCUT2D eigenvalue weighted by Gasteiger charge is 2.28. The molecule has 5 heterocycles. The van der Waals surface area contributed by atoms with Crippen molar-refractivity contribution in [2.24, 2.45) is 5.92 Å². The number of aromatic nitrogens is 5. The van der Waals surface area contributed by atoms with Crippen LogP contribution in [0.3, 0.4) is 0 Å². The summed E-state index contributed by atoms with van der Waals surface area (Å²) in [6.07, 6.45) is 3.65. The van der Waals surface area contributed by atoms with Crippen LogP contribution in [0.1, 0.15) is 23.2 Å². The van der Waals surface area contributed by atoms with Gasteiger partial charge in [-0.15, -0.1) is 5.10 Å². The number of aromatic carboxylic acids is 1. The van der Waals surface area contributed by atoms with Crippen molar-refractivity contribution in [3.05, 3.63) is 52.3 Å². The van der Waals surface area contributed by atoms with Crippen LogP contribution in [0.5, 0.6) is 0 Å². The Morgan fingerprint density at radius 2 is 1.95 bits per heavy atom. The number of carboxylic acid groups (broad SMARTS) is 1. The molecule has 1 atom stereocenters.